The maximum atomic E-state index is 5.13. The number of thiocarbonyl (C=S) groups is 1. The van der Waals surface area contributed by atoms with Crippen LogP contribution in [-0.2, 0) is 0 Å². The van der Waals surface area contributed by atoms with E-state index in [4.69, 9.17) is 12.2 Å². The summed E-state index contributed by atoms with van der Waals surface area (Å²) in [7, 11) is 1.95. The van der Waals surface area contributed by atoms with Crippen molar-refractivity contribution in [2.45, 2.75) is 26.2 Å². The molecule has 1 aromatic carbocycles. The molecule has 2 heteroatoms. The second-order valence-corrected chi connectivity index (χ2v) is 4.34. The third-order valence-corrected chi connectivity index (χ3v) is 2.52. The molecule has 0 aliphatic rings. The summed E-state index contributed by atoms with van der Waals surface area (Å²) in [5.74, 6) is 0.496. The summed E-state index contributed by atoms with van der Waals surface area (Å²) in [4.78, 5) is 1.07. The predicted molar refractivity (Wildman–Crippen MR) is 67.3 cm³/mol. The van der Waals surface area contributed by atoms with Crippen molar-refractivity contribution in [3.8, 4) is 0 Å². The summed E-state index contributed by atoms with van der Waals surface area (Å²) >= 11 is 5.13. The van der Waals surface area contributed by atoms with Crippen molar-refractivity contribution in [1.82, 2.24) is 0 Å². The molecule has 0 saturated heterocycles. The Hall–Kier alpha value is -0.890. The average Bonchev–Trinajstić information content (AvgIpc) is 2.16. The third-order valence-electron chi connectivity index (χ3n) is 2.35. The van der Waals surface area contributed by atoms with Crippen LogP contribution >= 0.6 is 12.2 Å². The molecule has 0 aliphatic carbocycles. The fraction of sp³-hybridized carbons (Fsp3) is 0.417. The van der Waals surface area contributed by atoms with Crippen molar-refractivity contribution in [2.75, 3.05) is 12.4 Å². The molecule has 1 unspecified atom stereocenters. The van der Waals surface area contributed by atoms with Crippen LogP contribution in [0, 0.1) is 0 Å². The quantitative estimate of drug-likeness (QED) is 0.757. The van der Waals surface area contributed by atoms with Gasteiger partial charge in [-0.3, -0.25) is 0 Å². The van der Waals surface area contributed by atoms with Crippen LogP contribution in [-0.4, -0.2) is 11.9 Å². The van der Waals surface area contributed by atoms with Gasteiger partial charge in [0.1, 0.15) is 0 Å². The van der Waals surface area contributed by atoms with E-state index in [2.05, 4.69) is 30.4 Å². The molecular weight excluding hydrogens is 190 g/mol. The molecule has 0 amide bonds. The lowest BCUT2D eigenvalue weighted by Crippen LogP contribution is -2.02. The van der Waals surface area contributed by atoms with Gasteiger partial charge in [-0.05, 0) is 35.8 Å². The highest BCUT2D eigenvalue weighted by atomic mass is 32.1. The molecule has 0 fully saturated rings. The van der Waals surface area contributed by atoms with E-state index < -0.39 is 0 Å². The lowest BCUT2D eigenvalue weighted by molar-refractivity contribution is 0.810. The number of hydrogen-bond donors (Lipinski definition) is 1. The number of hydrogen-bond acceptors (Lipinski definition) is 2. The van der Waals surface area contributed by atoms with E-state index in [1.165, 1.54) is 11.3 Å². The zero-order valence-electron chi connectivity index (χ0n) is 9.00. The van der Waals surface area contributed by atoms with Gasteiger partial charge in [-0.15, -0.1) is 0 Å². The number of anilines is 1. The zero-order valence-corrected chi connectivity index (χ0v) is 9.82. The first-order valence-electron chi connectivity index (χ1n) is 4.91. The first kappa shape index (κ1) is 11.2. The number of nitrogens with one attached hydrogen (secondary N) is 1. The highest BCUT2D eigenvalue weighted by Crippen LogP contribution is 2.26. The van der Waals surface area contributed by atoms with Crippen molar-refractivity contribution in [3.05, 3.63) is 29.8 Å². The molecule has 1 rings (SSSR count). The smallest absolute Gasteiger partial charge is 0.0372 e. The van der Waals surface area contributed by atoms with Gasteiger partial charge in [0.05, 0.1) is 0 Å². The van der Waals surface area contributed by atoms with Gasteiger partial charge in [0.2, 0.25) is 0 Å². The molecule has 0 saturated carbocycles. The fourth-order valence-corrected chi connectivity index (χ4v) is 1.95. The molecule has 0 aromatic heterocycles. The molecule has 0 heterocycles. The number of rotatable bonds is 4. The Balaban J connectivity index is 2.87. The van der Waals surface area contributed by atoms with Gasteiger partial charge in [-0.2, -0.15) is 0 Å². The van der Waals surface area contributed by atoms with Crippen molar-refractivity contribution in [1.29, 1.82) is 0 Å². The molecule has 14 heavy (non-hydrogen) atoms. The lowest BCUT2D eigenvalue weighted by Gasteiger charge is -2.15. The molecule has 1 nitrogen and oxygen atoms in total. The summed E-state index contributed by atoms with van der Waals surface area (Å²) in [5, 5.41) is 3.21. The first-order chi connectivity index (χ1) is 6.65. The van der Waals surface area contributed by atoms with Crippen molar-refractivity contribution in [2.24, 2.45) is 0 Å². The molecular formula is C12H17NS. The van der Waals surface area contributed by atoms with Crippen LogP contribution in [0.3, 0.4) is 0 Å². The van der Waals surface area contributed by atoms with E-state index in [1.807, 2.05) is 20.0 Å². The van der Waals surface area contributed by atoms with Crippen molar-refractivity contribution in [3.63, 3.8) is 0 Å². The second kappa shape index (κ2) is 5.11. The van der Waals surface area contributed by atoms with E-state index in [9.17, 15) is 0 Å². The molecule has 1 aromatic rings. The maximum absolute atomic E-state index is 5.13. The molecule has 0 spiro atoms. The SMILES string of the molecule is CNc1ccccc1C(C)CC(C)=S. The Morgan fingerprint density at radius 3 is 2.64 bits per heavy atom. The minimum absolute atomic E-state index is 0.496. The molecule has 76 valence electrons. The third kappa shape index (κ3) is 2.81. The van der Waals surface area contributed by atoms with Gasteiger partial charge < -0.3 is 5.32 Å². The normalized spacial score (nSPS) is 12.2. The fourth-order valence-electron chi connectivity index (χ4n) is 1.70. The summed E-state index contributed by atoms with van der Waals surface area (Å²) < 4.78 is 0. The summed E-state index contributed by atoms with van der Waals surface area (Å²) in [5.41, 5.74) is 2.55. The van der Waals surface area contributed by atoms with Gasteiger partial charge >= 0.3 is 0 Å². The van der Waals surface area contributed by atoms with Crippen LogP contribution in [0.2, 0.25) is 0 Å². The Morgan fingerprint density at radius 2 is 2.07 bits per heavy atom. The lowest BCUT2D eigenvalue weighted by atomic mass is 9.95. The van der Waals surface area contributed by atoms with Gasteiger partial charge in [-0.1, -0.05) is 37.3 Å². The Bertz CT molecular complexity index is 320. The summed E-state index contributed by atoms with van der Waals surface area (Å²) in [6.45, 7) is 4.22. The van der Waals surface area contributed by atoms with E-state index in [1.54, 1.807) is 0 Å². The second-order valence-electron chi connectivity index (χ2n) is 3.64. The minimum Gasteiger partial charge on any atom is -0.388 e. The van der Waals surface area contributed by atoms with Gasteiger partial charge in [0.25, 0.3) is 0 Å². The molecule has 1 atom stereocenters. The summed E-state index contributed by atoms with van der Waals surface area (Å²) in [6, 6.07) is 8.39. The van der Waals surface area contributed by atoms with Crippen LogP contribution in [0.15, 0.2) is 24.3 Å². The number of benzene rings is 1. The van der Waals surface area contributed by atoms with Gasteiger partial charge in [0.15, 0.2) is 0 Å². The zero-order chi connectivity index (χ0) is 10.6. The largest absolute Gasteiger partial charge is 0.388 e. The van der Waals surface area contributed by atoms with Crippen LogP contribution in [0.5, 0.6) is 0 Å². The number of para-hydroxylation sites is 1. The average molecular weight is 207 g/mol. The van der Waals surface area contributed by atoms with Crippen LogP contribution < -0.4 is 5.32 Å². The van der Waals surface area contributed by atoms with Crippen LogP contribution in [0.1, 0.15) is 31.7 Å². The molecule has 0 aliphatic heterocycles. The highest BCUT2D eigenvalue weighted by molar-refractivity contribution is 7.80. The van der Waals surface area contributed by atoms with Crippen molar-refractivity contribution < 1.29 is 0 Å². The van der Waals surface area contributed by atoms with Crippen molar-refractivity contribution >= 4 is 22.8 Å². The first-order valence-corrected chi connectivity index (χ1v) is 5.32. The van der Waals surface area contributed by atoms with Crippen LogP contribution in [0.25, 0.3) is 0 Å². The maximum Gasteiger partial charge on any atom is 0.0372 e. The monoisotopic (exact) mass is 207 g/mol. The van der Waals surface area contributed by atoms with E-state index in [0.717, 1.165) is 11.3 Å². The predicted octanol–water partition coefficient (Wildman–Crippen LogP) is 3.61. The van der Waals surface area contributed by atoms with E-state index in [0.29, 0.717) is 5.92 Å². The highest BCUT2D eigenvalue weighted by Gasteiger charge is 2.09. The Kier molecular flexibility index (Phi) is 4.08. The molecule has 1 N–H and O–H groups in total. The summed E-state index contributed by atoms with van der Waals surface area (Å²) in [6.07, 6.45) is 0.980. The van der Waals surface area contributed by atoms with Gasteiger partial charge in [0, 0.05) is 12.7 Å². The van der Waals surface area contributed by atoms with Crippen LogP contribution in [0.4, 0.5) is 5.69 Å². The van der Waals surface area contributed by atoms with Gasteiger partial charge in [-0.25, -0.2) is 0 Å². The Labute approximate surface area is 91.5 Å². The Morgan fingerprint density at radius 1 is 1.43 bits per heavy atom. The van der Waals surface area contributed by atoms with E-state index >= 15 is 0 Å². The standard InChI is InChI=1S/C12H17NS/c1-9(8-10(2)14)11-6-4-5-7-12(11)13-3/h4-7,9,13H,8H2,1-3H3. The molecule has 0 radical (unpaired) electrons. The van der Waals surface area contributed by atoms with E-state index in [-0.39, 0.29) is 0 Å². The topological polar surface area (TPSA) is 12.0 Å². The minimum atomic E-state index is 0.496. The molecule has 0 bridgehead atoms.